The highest BCUT2D eigenvalue weighted by atomic mass is 16.5. The molecule has 1 spiro atoms. The zero-order valence-corrected chi connectivity index (χ0v) is 11.3. The fraction of sp³-hybridized carbons (Fsp3) is 0.857. The van der Waals surface area contributed by atoms with Gasteiger partial charge in [0.15, 0.2) is 0 Å². The number of nitrogens with zero attached hydrogens (tertiary/aromatic N) is 1. The van der Waals surface area contributed by atoms with Crippen molar-refractivity contribution in [2.75, 3.05) is 19.8 Å². The number of piperidine rings is 1. The minimum Gasteiger partial charge on any atom is -0.381 e. The van der Waals surface area contributed by atoms with E-state index in [9.17, 15) is 9.59 Å². The molecule has 0 radical (unpaired) electrons. The van der Waals surface area contributed by atoms with Crippen LogP contribution in [0.4, 0.5) is 0 Å². The molecule has 3 rings (SSSR count). The largest absolute Gasteiger partial charge is 0.381 e. The first-order chi connectivity index (χ1) is 9.14. The molecule has 1 saturated carbocycles. The van der Waals surface area contributed by atoms with Crippen molar-refractivity contribution in [2.45, 2.75) is 44.6 Å². The normalized spacial score (nSPS) is 30.3. The van der Waals surface area contributed by atoms with Crippen LogP contribution >= 0.6 is 0 Å². The van der Waals surface area contributed by atoms with Gasteiger partial charge in [-0.25, -0.2) is 0 Å². The molecule has 1 aliphatic carbocycles. The average molecular weight is 266 g/mol. The zero-order chi connectivity index (χ0) is 13.5. The van der Waals surface area contributed by atoms with Crippen molar-refractivity contribution in [1.29, 1.82) is 0 Å². The molecule has 0 bridgehead atoms. The number of carbonyl (C=O) groups excluding carboxylic acids is 2. The van der Waals surface area contributed by atoms with Crippen LogP contribution in [0.3, 0.4) is 0 Å². The van der Waals surface area contributed by atoms with Crippen molar-refractivity contribution in [3.8, 4) is 0 Å². The Balaban J connectivity index is 1.87. The third kappa shape index (κ3) is 2.24. The molecule has 2 saturated heterocycles. The van der Waals surface area contributed by atoms with Gasteiger partial charge in [0.25, 0.3) is 0 Å². The number of hydrogen-bond donors (Lipinski definition) is 1. The Morgan fingerprint density at radius 2 is 1.84 bits per heavy atom. The van der Waals surface area contributed by atoms with Crippen molar-refractivity contribution in [1.82, 2.24) is 4.90 Å². The number of ether oxygens (including phenoxy) is 1. The minimum atomic E-state index is -0.418. The maximum atomic E-state index is 12.4. The van der Waals surface area contributed by atoms with E-state index in [-0.39, 0.29) is 23.1 Å². The molecule has 5 nitrogen and oxygen atoms in total. The third-order valence-electron chi connectivity index (χ3n) is 4.93. The summed E-state index contributed by atoms with van der Waals surface area (Å²) in [6.45, 7) is 2.04. The molecule has 2 amide bonds. The summed E-state index contributed by atoms with van der Waals surface area (Å²) in [6.07, 6.45) is 5.58. The summed E-state index contributed by atoms with van der Waals surface area (Å²) in [7, 11) is 0. The predicted octanol–water partition coefficient (Wildman–Crippen LogP) is 0.669. The second-order valence-corrected chi connectivity index (χ2v) is 6.19. The molecule has 1 atom stereocenters. The molecular formula is C14H22N2O3. The smallest absolute Gasteiger partial charge is 0.240 e. The van der Waals surface area contributed by atoms with E-state index in [1.807, 2.05) is 0 Å². The van der Waals surface area contributed by atoms with E-state index in [1.54, 1.807) is 4.90 Å². The summed E-state index contributed by atoms with van der Waals surface area (Å²) in [5, 5.41) is 0. The van der Waals surface area contributed by atoms with Gasteiger partial charge >= 0.3 is 0 Å². The molecule has 0 aromatic heterocycles. The van der Waals surface area contributed by atoms with Crippen LogP contribution in [0, 0.1) is 11.3 Å². The van der Waals surface area contributed by atoms with Crippen molar-refractivity contribution in [2.24, 2.45) is 17.1 Å². The molecule has 3 aliphatic rings. The zero-order valence-electron chi connectivity index (χ0n) is 11.3. The van der Waals surface area contributed by atoms with E-state index in [0.29, 0.717) is 19.8 Å². The molecule has 2 aliphatic heterocycles. The van der Waals surface area contributed by atoms with Gasteiger partial charge in [-0.2, -0.15) is 0 Å². The standard InChI is InChI=1S/C14H22N2O3/c15-12(17)11-14(5-8-19-9-6-14)4-1-7-16(11)13(18)10-2-3-10/h10-11H,1-9H2,(H2,15,17). The maximum absolute atomic E-state index is 12.4. The van der Waals surface area contributed by atoms with Gasteiger partial charge in [-0.1, -0.05) is 0 Å². The Morgan fingerprint density at radius 3 is 2.42 bits per heavy atom. The summed E-state index contributed by atoms with van der Waals surface area (Å²) in [6, 6.07) is -0.418. The first kappa shape index (κ1) is 12.9. The van der Waals surface area contributed by atoms with Crippen LogP contribution in [-0.4, -0.2) is 42.5 Å². The van der Waals surface area contributed by atoms with Crippen LogP contribution in [0.2, 0.25) is 0 Å². The molecule has 2 heterocycles. The SMILES string of the molecule is NC(=O)C1N(C(=O)C2CC2)CCCC12CCOCC2. The Kier molecular flexibility index (Phi) is 3.25. The number of carbonyl (C=O) groups is 2. The van der Waals surface area contributed by atoms with Crippen molar-refractivity contribution < 1.29 is 14.3 Å². The number of primary amides is 1. The summed E-state index contributed by atoms with van der Waals surface area (Å²) in [5.74, 6) is -0.0400. The van der Waals surface area contributed by atoms with E-state index >= 15 is 0 Å². The Labute approximate surface area is 113 Å². The van der Waals surface area contributed by atoms with E-state index in [1.165, 1.54) is 0 Å². The lowest BCUT2D eigenvalue weighted by atomic mass is 9.67. The van der Waals surface area contributed by atoms with Gasteiger partial charge in [0, 0.05) is 31.1 Å². The van der Waals surface area contributed by atoms with Crippen LogP contribution in [0.25, 0.3) is 0 Å². The van der Waals surface area contributed by atoms with Gasteiger partial charge in [-0.15, -0.1) is 0 Å². The first-order valence-corrected chi connectivity index (χ1v) is 7.32. The summed E-state index contributed by atoms with van der Waals surface area (Å²) in [4.78, 5) is 26.1. The lowest BCUT2D eigenvalue weighted by Crippen LogP contribution is -2.61. The molecule has 3 fully saturated rings. The van der Waals surface area contributed by atoms with Crippen LogP contribution in [-0.2, 0) is 14.3 Å². The molecule has 0 aromatic rings. The Hall–Kier alpha value is -1.10. The average Bonchev–Trinajstić information content (AvgIpc) is 3.22. The second kappa shape index (κ2) is 4.78. The minimum absolute atomic E-state index is 0.132. The molecule has 5 heteroatoms. The summed E-state index contributed by atoms with van der Waals surface area (Å²) >= 11 is 0. The van der Waals surface area contributed by atoms with Crippen molar-refractivity contribution >= 4 is 11.8 Å². The van der Waals surface area contributed by atoms with E-state index in [4.69, 9.17) is 10.5 Å². The number of nitrogens with two attached hydrogens (primary N) is 1. The van der Waals surface area contributed by atoms with Gasteiger partial charge in [-0.05, 0) is 38.5 Å². The molecule has 2 N–H and O–H groups in total. The van der Waals surface area contributed by atoms with Gasteiger partial charge in [0.05, 0.1) is 0 Å². The van der Waals surface area contributed by atoms with Crippen molar-refractivity contribution in [3.05, 3.63) is 0 Å². The topological polar surface area (TPSA) is 72.6 Å². The summed E-state index contributed by atoms with van der Waals surface area (Å²) < 4.78 is 5.43. The van der Waals surface area contributed by atoms with E-state index < -0.39 is 6.04 Å². The number of likely N-dealkylation sites (tertiary alicyclic amines) is 1. The van der Waals surface area contributed by atoms with Gasteiger partial charge in [0.2, 0.25) is 11.8 Å². The van der Waals surface area contributed by atoms with Crippen LogP contribution < -0.4 is 5.73 Å². The predicted molar refractivity (Wildman–Crippen MR) is 69.1 cm³/mol. The molecule has 19 heavy (non-hydrogen) atoms. The Morgan fingerprint density at radius 1 is 1.16 bits per heavy atom. The number of rotatable bonds is 2. The summed E-state index contributed by atoms with van der Waals surface area (Å²) in [5.41, 5.74) is 5.52. The van der Waals surface area contributed by atoms with Crippen LogP contribution in [0.5, 0.6) is 0 Å². The maximum Gasteiger partial charge on any atom is 0.240 e. The number of amides is 2. The number of hydrogen-bond acceptors (Lipinski definition) is 3. The van der Waals surface area contributed by atoms with Crippen LogP contribution in [0.1, 0.15) is 38.5 Å². The fourth-order valence-corrected chi connectivity index (χ4v) is 3.76. The van der Waals surface area contributed by atoms with Crippen molar-refractivity contribution in [3.63, 3.8) is 0 Å². The quantitative estimate of drug-likeness (QED) is 0.798. The molecule has 106 valence electrons. The molecule has 1 unspecified atom stereocenters. The molecular weight excluding hydrogens is 244 g/mol. The molecule has 0 aromatic carbocycles. The van der Waals surface area contributed by atoms with E-state index in [2.05, 4.69) is 0 Å². The fourth-order valence-electron chi connectivity index (χ4n) is 3.76. The first-order valence-electron chi connectivity index (χ1n) is 7.32. The highest BCUT2D eigenvalue weighted by molar-refractivity contribution is 5.89. The lowest BCUT2D eigenvalue weighted by molar-refractivity contribution is -0.154. The highest BCUT2D eigenvalue weighted by Gasteiger charge is 2.51. The van der Waals surface area contributed by atoms with Gasteiger partial charge < -0.3 is 15.4 Å². The third-order valence-corrected chi connectivity index (χ3v) is 4.93. The second-order valence-electron chi connectivity index (χ2n) is 6.19. The van der Waals surface area contributed by atoms with Gasteiger partial charge in [0.1, 0.15) is 6.04 Å². The monoisotopic (exact) mass is 266 g/mol. The lowest BCUT2D eigenvalue weighted by Gasteiger charge is -2.50. The van der Waals surface area contributed by atoms with E-state index in [0.717, 1.165) is 38.5 Å². The Bertz CT molecular complexity index is 381. The van der Waals surface area contributed by atoms with Gasteiger partial charge in [-0.3, -0.25) is 9.59 Å². The highest BCUT2D eigenvalue weighted by Crippen LogP contribution is 2.45. The van der Waals surface area contributed by atoms with Crippen LogP contribution in [0.15, 0.2) is 0 Å².